The summed E-state index contributed by atoms with van der Waals surface area (Å²) in [5.74, 6) is 0. The Balaban J connectivity index is 2.06. The zero-order valence-electron chi connectivity index (χ0n) is 11.1. The zero-order chi connectivity index (χ0) is 12.1. The largest absolute Gasteiger partial charge is 0.316 e. The minimum absolute atomic E-state index is 0.152. The second kappa shape index (κ2) is 5.68. The van der Waals surface area contributed by atoms with E-state index in [1.54, 1.807) is 0 Å². The number of hydrogen-bond donors (Lipinski definition) is 1. The molecule has 1 aliphatic rings. The van der Waals surface area contributed by atoms with Gasteiger partial charge < -0.3 is 5.32 Å². The lowest BCUT2D eigenvalue weighted by Crippen LogP contribution is -2.39. The molecule has 1 fully saturated rings. The van der Waals surface area contributed by atoms with Gasteiger partial charge in [-0.2, -0.15) is 5.26 Å². The first-order valence-electron chi connectivity index (χ1n) is 6.66. The van der Waals surface area contributed by atoms with Crippen LogP contribution in [0.5, 0.6) is 0 Å². The van der Waals surface area contributed by atoms with Crippen molar-refractivity contribution in [3.8, 4) is 6.07 Å². The summed E-state index contributed by atoms with van der Waals surface area (Å²) in [6.45, 7) is 8.59. The second-order valence-corrected chi connectivity index (χ2v) is 5.98. The Morgan fingerprint density at radius 2 is 2.06 bits per heavy atom. The number of nitrogens with one attached hydrogen (secondary N) is 1. The van der Waals surface area contributed by atoms with Gasteiger partial charge in [0.1, 0.15) is 0 Å². The molecular formula is C14H26N2. The normalized spacial score (nSPS) is 18.9. The van der Waals surface area contributed by atoms with Crippen molar-refractivity contribution < 1.29 is 0 Å². The highest BCUT2D eigenvalue weighted by molar-refractivity contribution is 4.92. The molecule has 0 aliphatic heterocycles. The number of nitriles is 1. The van der Waals surface area contributed by atoms with Gasteiger partial charge in [-0.05, 0) is 57.9 Å². The molecule has 0 aromatic heterocycles. The standard InChI is InChI=1S/C14H26N2/c1-4-14(8-5-9-14)12-16-10-6-7-13(2,3)11-15/h16H,4-10,12H2,1-3H3. The number of rotatable bonds is 7. The third-order valence-corrected chi connectivity index (χ3v) is 4.12. The summed E-state index contributed by atoms with van der Waals surface area (Å²) >= 11 is 0. The molecule has 0 amide bonds. The van der Waals surface area contributed by atoms with Gasteiger partial charge in [0.2, 0.25) is 0 Å². The van der Waals surface area contributed by atoms with E-state index in [1.807, 2.05) is 13.8 Å². The van der Waals surface area contributed by atoms with Gasteiger partial charge in [0.05, 0.1) is 11.5 Å². The first kappa shape index (κ1) is 13.5. The van der Waals surface area contributed by atoms with Crippen LogP contribution in [0.4, 0.5) is 0 Å². The van der Waals surface area contributed by atoms with Crippen LogP contribution in [0.2, 0.25) is 0 Å². The lowest BCUT2D eigenvalue weighted by molar-refractivity contribution is 0.124. The lowest BCUT2D eigenvalue weighted by atomic mass is 9.67. The maximum atomic E-state index is 8.89. The van der Waals surface area contributed by atoms with Crippen molar-refractivity contribution in [2.24, 2.45) is 10.8 Å². The van der Waals surface area contributed by atoms with E-state index in [2.05, 4.69) is 18.3 Å². The van der Waals surface area contributed by atoms with E-state index >= 15 is 0 Å². The lowest BCUT2D eigenvalue weighted by Gasteiger charge is -2.41. The topological polar surface area (TPSA) is 35.8 Å². The molecule has 0 heterocycles. The van der Waals surface area contributed by atoms with Gasteiger partial charge in [0, 0.05) is 6.54 Å². The first-order valence-corrected chi connectivity index (χ1v) is 6.66. The molecule has 0 aromatic rings. The van der Waals surface area contributed by atoms with Gasteiger partial charge in [-0.25, -0.2) is 0 Å². The zero-order valence-corrected chi connectivity index (χ0v) is 11.1. The molecule has 1 aliphatic carbocycles. The van der Waals surface area contributed by atoms with Crippen molar-refractivity contribution in [2.45, 2.75) is 59.3 Å². The summed E-state index contributed by atoms with van der Waals surface area (Å²) in [6, 6.07) is 2.35. The van der Waals surface area contributed by atoms with E-state index in [1.165, 1.54) is 32.2 Å². The van der Waals surface area contributed by atoms with Gasteiger partial charge in [-0.3, -0.25) is 0 Å². The fraction of sp³-hybridized carbons (Fsp3) is 0.929. The average molecular weight is 222 g/mol. The van der Waals surface area contributed by atoms with Gasteiger partial charge in [-0.1, -0.05) is 13.3 Å². The molecular weight excluding hydrogens is 196 g/mol. The minimum atomic E-state index is -0.152. The predicted octanol–water partition coefficient (Wildman–Crippen LogP) is 3.49. The third kappa shape index (κ3) is 3.79. The summed E-state index contributed by atoms with van der Waals surface area (Å²) < 4.78 is 0. The minimum Gasteiger partial charge on any atom is -0.316 e. The Morgan fingerprint density at radius 3 is 2.50 bits per heavy atom. The molecule has 0 bridgehead atoms. The van der Waals surface area contributed by atoms with Crippen LogP contribution < -0.4 is 5.32 Å². The molecule has 0 radical (unpaired) electrons. The van der Waals surface area contributed by atoms with E-state index in [4.69, 9.17) is 5.26 Å². The van der Waals surface area contributed by atoms with Crippen molar-refractivity contribution in [1.29, 1.82) is 5.26 Å². The van der Waals surface area contributed by atoms with Crippen LogP contribution in [0, 0.1) is 22.2 Å². The summed E-state index contributed by atoms with van der Waals surface area (Å²) in [7, 11) is 0. The van der Waals surface area contributed by atoms with E-state index in [0.29, 0.717) is 5.41 Å². The van der Waals surface area contributed by atoms with E-state index in [-0.39, 0.29) is 5.41 Å². The molecule has 0 saturated heterocycles. The molecule has 16 heavy (non-hydrogen) atoms. The molecule has 0 aromatic carbocycles. The molecule has 1 rings (SSSR count). The van der Waals surface area contributed by atoms with Crippen LogP contribution in [-0.4, -0.2) is 13.1 Å². The van der Waals surface area contributed by atoms with Crippen LogP contribution in [0.1, 0.15) is 59.3 Å². The molecule has 0 unspecified atom stereocenters. The van der Waals surface area contributed by atoms with Crippen LogP contribution in [-0.2, 0) is 0 Å². The Hall–Kier alpha value is -0.550. The fourth-order valence-corrected chi connectivity index (χ4v) is 2.40. The van der Waals surface area contributed by atoms with Gasteiger partial charge in [-0.15, -0.1) is 0 Å². The quantitative estimate of drug-likeness (QED) is 0.669. The monoisotopic (exact) mass is 222 g/mol. The summed E-state index contributed by atoms with van der Waals surface area (Å²) in [5, 5.41) is 12.5. The van der Waals surface area contributed by atoms with Crippen LogP contribution in [0.3, 0.4) is 0 Å². The molecule has 2 heteroatoms. The Bertz CT molecular complexity index is 240. The van der Waals surface area contributed by atoms with Crippen molar-refractivity contribution in [3.05, 3.63) is 0 Å². The maximum absolute atomic E-state index is 8.89. The molecule has 0 atom stereocenters. The average Bonchev–Trinajstić information content (AvgIpc) is 2.21. The molecule has 92 valence electrons. The SMILES string of the molecule is CCC1(CNCCCC(C)(C)C#N)CCC1. The van der Waals surface area contributed by atoms with Crippen LogP contribution >= 0.6 is 0 Å². The summed E-state index contributed by atoms with van der Waals surface area (Å²) in [4.78, 5) is 0. The van der Waals surface area contributed by atoms with Crippen molar-refractivity contribution in [3.63, 3.8) is 0 Å². The molecule has 1 saturated carbocycles. The molecule has 2 nitrogen and oxygen atoms in total. The van der Waals surface area contributed by atoms with Crippen LogP contribution in [0.25, 0.3) is 0 Å². The van der Waals surface area contributed by atoms with Crippen molar-refractivity contribution in [1.82, 2.24) is 5.32 Å². The highest BCUT2D eigenvalue weighted by Gasteiger charge is 2.34. The van der Waals surface area contributed by atoms with Crippen molar-refractivity contribution >= 4 is 0 Å². The number of hydrogen-bond acceptors (Lipinski definition) is 2. The molecule has 1 N–H and O–H groups in total. The van der Waals surface area contributed by atoms with Gasteiger partial charge >= 0.3 is 0 Å². The Labute approximate surface area is 100 Å². The summed E-state index contributed by atoms with van der Waals surface area (Å²) in [5.41, 5.74) is 0.464. The Kier molecular flexibility index (Phi) is 4.80. The second-order valence-electron chi connectivity index (χ2n) is 5.98. The van der Waals surface area contributed by atoms with Crippen molar-refractivity contribution in [2.75, 3.05) is 13.1 Å². The van der Waals surface area contributed by atoms with Gasteiger partial charge in [0.15, 0.2) is 0 Å². The first-order chi connectivity index (χ1) is 7.54. The van der Waals surface area contributed by atoms with E-state index < -0.39 is 0 Å². The van der Waals surface area contributed by atoms with Crippen LogP contribution in [0.15, 0.2) is 0 Å². The fourth-order valence-electron chi connectivity index (χ4n) is 2.40. The Morgan fingerprint density at radius 1 is 1.38 bits per heavy atom. The van der Waals surface area contributed by atoms with Gasteiger partial charge in [0.25, 0.3) is 0 Å². The molecule has 0 spiro atoms. The smallest absolute Gasteiger partial charge is 0.0683 e. The highest BCUT2D eigenvalue weighted by Crippen LogP contribution is 2.42. The third-order valence-electron chi connectivity index (χ3n) is 4.12. The maximum Gasteiger partial charge on any atom is 0.0683 e. The highest BCUT2D eigenvalue weighted by atomic mass is 14.9. The van der Waals surface area contributed by atoms with E-state index in [9.17, 15) is 0 Å². The summed E-state index contributed by atoms with van der Waals surface area (Å²) in [6.07, 6.45) is 7.64. The number of nitrogens with zero attached hydrogens (tertiary/aromatic N) is 1. The van der Waals surface area contributed by atoms with E-state index in [0.717, 1.165) is 19.4 Å². The predicted molar refractivity (Wildman–Crippen MR) is 68.1 cm³/mol.